The van der Waals surface area contributed by atoms with Crippen molar-refractivity contribution in [3.8, 4) is 0 Å². The standard InChI is InChI=1S/C22H32N4O2/c1-26(17-9-3-2-4-10-17)16-8-15-23-21(27)14-7-13-20-24-19-12-6-5-11-18(19)22(28)25-20/h5-6,11-12,17H,2-4,7-10,13-16H2,1H3,(H,23,27)(H,24,25,28). The molecule has 1 saturated carbocycles. The Morgan fingerprint density at radius 1 is 1.21 bits per heavy atom. The molecule has 1 aliphatic carbocycles. The molecule has 0 saturated heterocycles. The highest BCUT2D eigenvalue weighted by molar-refractivity contribution is 5.77. The molecule has 6 heteroatoms. The Bertz CT molecular complexity index is 827. The fourth-order valence-corrected chi connectivity index (χ4v) is 4.02. The van der Waals surface area contributed by atoms with Gasteiger partial charge in [0, 0.05) is 25.4 Å². The van der Waals surface area contributed by atoms with Crippen molar-refractivity contribution in [3.63, 3.8) is 0 Å². The number of aryl methyl sites for hydroxylation is 1. The highest BCUT2D eigenvalue weighted by Crippen LogP contribution is 2.21. The first-order chi connectivity index (χ1) is 13.6. The third kappa shape index (κ3) is 5.89. The first-order valence-corrected chi connectivity index (χ1v) is 10.6. The summed E-state index contributed by atoms with van der Waals surface area (Å²) < 4.78 is 0. The summed E-state index contributed by atoms with van der Waals surface area (Å²) in [6.07, 6.45) is 9.41. The van der Waals surface area contributed by atoms with Gasteiger partial charge in [-0.3, -0.25) is 9.59 Å². The van der Waals surface area contributed by atoms with Gasteiger partial charge in [0.05, 0.1) is 10.9 Å². The third-order valence-corrected chi connectivity index (χ3v) is 5.69. The number of H-pyrrole nitrogens is 1. The zero-order chi connectivity index (χ0) is 19.8. The van der Waals surface area contributed by atoms with Crippen LogP contribution in [-0.4, -0.2) is 47.0 Å². The van der Waals surface area contributed by atoms with Crippen LogP contribution in [0.25, 0.3) is 10.9 Å². The number of nitrogens with one attached hydrogen (secondary N) is 2. The molecule has 0 bridgehead atoms. The summed E-state index contributed by atoms with van der Waals surface area (Å²) in [5.41, 5.74) is 0.583. The van der Waals surface area contributed by atoms with Crippen molar-refractivity contribution in [2.75, 3.05) is 20.1 Å². The summed E-state index contributed by atoms with van der Waals surface area (Å²) in [6, 6.07) is 8.03. The first-order valence-electron chi connectivity index (χ1n) is 10.6. The number of hydrogen-bond acceptors (Lipinski definition) is 4. The maximum Gasteiger partial charge on any atom is 0.258 e. The van der Waals surface area contributed by atoms with Crippen LogP contribution in [0.15, 0.2) is 29.1 Å². The molecule has 6 nitrogen and oxygen atoms in total. The lowest BCUT2D eigenvalue weighted by atomic mass is 9.94. The molecule has 1 aromatic heterocycles. The van der Waals surface area contributed by atoms with E-state index in [1.54, 1.807) is 6.07 Å². The molecule has 2 aromatic rings. The average molecular weight is 385 g/mol. The number of amides is 1. The second-order valence-electron chi connectivity index (χ2n) is 7.86. The molecule has 0 aliphatic heterocycles. The molecule has 3 rings (SSSR count). The first kappa shape index (κ1) is 20.5. The van der Waals surface area contributed by atoms with Crippen molar-refractivity contribution < 1.29 is 4.79 Å². The molecular weight excluding hydrogens is 352 g/mol. The van der Waals surface area contributed by atoms with E-state index in [2.05, 4.69) is 27.2 Å². The molecule has 0 radical (unpaired) electrons. The maximum absolute atomic E-state index is 12.1. The van der Waals surface area contributed by atoms with E-state index in [0.29, 0.717) is 36.0 Å². The van der Waals surface area contributed by atoms with Gasteiger partial charge in [-0.2, -0.15) is 0 Å². The van der Waals surface area contributed by atoms with Crippen LogP contribution in [0.5, 0.6) is 0 Å². The van der Waals surface area contributed by atoms with Crippen molar-refractivity contribution in [2.45, 2.75) is 63.8 Å². The molecule has 28 heavy (non-hydrogen) atoms. The van der Waals surface area contributed by atoms with Gasteiger partial charge in [-0.1, -0.05) is 31.4 Å². The smallest absolute Gasteiger partial charge is 0.258 e. The number of fused-ring (bicyclic) bond motifs is 1. The monoisotopic (exact) mass is 384 g/mol. The van der Waals surface area contributed by atoms with E-state index in [9.17, 15) is 9.59 Å². The van der Waals surface area contributed by atoms with Gasteiger partial charge in [0.1, 0.15) is 5.82 Å². The summed E-state index contributed by atoms with van der Waals surface area (Å²) in [4.78, 5) is 33.9. The normalized spacial score (nSPS) is 15.2. The molecule has 0 unspecified atom stereocenters. The summed E-state index contributed by atoms with van der Waals surface area (Å²) in [7, 11) is 2.20. The van der Waals surface area contributed by atoms with E-state index < -0.39 is 0 Å². The van der Waals surface area contributed by atoms with Gasteiger partial charge >= 0.3 is 0 Å². The molecule has 0 spiro atoms. The van der Waals surface area contributed by atoms with Crippen LogP contribution in [-0.2, 0) is 11.2 Å². The van der Waals surface area contributed by atoms with E-state index in [1.807, 2.05) is 18.2 Å². The molecule has 1 aromatic carbocycles. The number of hydrogen-bond donors (Lipinski definition) is 2. The van der Waals surface area contributed by atoms with Gasteiger partial charge in [0.2, 0.25) is 5.91 Å². The molecule has 1 fully saturated rings. The molecular formula is C22H32N4O2. The second-order valence-corrected chi connectivity index (χ2v) is 7.86. The van der Waals surface area contributed by atoms with Gasteiger partial charge in [-0.05, 0) is 51.4 Å². The second kappa shape index (κ2) is 10.4. The topological polar surface area (TPSA) is 78.1 Å². The van der Waals surface area contributed by atoms with Crippen LogP contribution in [0.3, 0.4) is 0 Å². The van der Waals surface area contributed by atoms with Crippen molar-refractivity contribution in [2.24, 2.45) is 0 Å². The van der Waals surface area contributed by atoms with Crippen molar-refractivity contribution >= 4 is 16.8 Å². The summed E-state index contributed by atoms with van der Waals surface area (Å²) in [6.45, 7) is 1.76. The van der Waals surface area contributed by atoms with E-state index in [1.165, 1.54) is 32.1 Å². The molecule has 1 amide bonds. The van der Waals surface area contributed by atoms with Gasteiger partial charge in [0.15, 0.2) is 0 Å². The fourth-order valence-electron chi connectivity index (χ4n) is 4.02. The Kier molecular flexibility index (Phi) is 7.60. The highest BCUT2D eigenvalue weighted by Gasteiger charge is 2.17. The number of carbonyl (C=O) groups is 1. The number of benzene rings is 1. The molecule has 152 valence electrons. The van der Waals surface area contributed by atoms with Crippen LogP contribution in [0.4, 0.5) is 0 Å². The number of carbonyl (C=O) groups excluding carboxylic acids is 1. The lowest BCUT2D eigenvalue weighted by Crippen LogP contribution is -2.35. The Balaban J connectivity index is 1.33. The Labute approximate surface area is 166 Å². The van der Waals surface area contributed by atoms with Gasteiger partial charge in [0.25, 0.3) is 5.56 Å². The summed E-state index contributed by atoms with van der Waals surface area (Å²) in [5, 5.41) is 3.61. The van der Waals surface area contributed by atoms with Crippen LogP contribution in [0.2, 0.25) is 0 Å². The Hall–Kier alpha value is -2.21. The zero-order valence-corrected chi connectivity index (χ0v) is 16.9. The van der Waals surface area contributed by atoms with Gasteiger partial charge in [-0.15, -0.1) is 0 Å². The fraction of sp³-hybridized carbons (Fsp3) is 0.591. The van der Waals surface area contributed by atoms with E-state index in [0.717, 1.165) is 25.6 Å². The minimum Gasteiger partial charge on any atom is -0.356 e. The zero-order valence-electron chi connectivity index (χ0n) is 16.9. The van der Waals surface area contributed by atoms with Gasteiger partial charge in [-0.25, -0.2) is 4.98 Å². The minimum absolute atomic E-state index is 0.0726. The number of nitrogens with zero attached hydrogens (tertiary/aromatic N) is 2. The summed E-state index contributed by atoms with van der Waals surface area (Å²) in [5.74, 6) is 0.717. The van der Waals surface area contributed by atoms with Crippen molar-refractivity contribution in [1.29, 1.82) is 0 Å². The number of rotatable bonds is 9. The minimum atomic E-state index is -0.118. The SMILES string of the molecule is CN(CCCNC(=O)CCCc1nc2ccccc2c(=O)[nH]1)C1CCCCC1. The predicted octanol–water partition coefficient (Wildman–Crippen LogP) is 3.02. The third-order valence-electron chi connectivity index (χ3n) is 5.69. The summed E-state index contributed by atoms with van der Waals surface area (Å²) >= 11 is 0. The van der Waals surface area contributed by atoms with Crippen LogP contribution >= 0.6 is 0 Å². The molecule has 1 aliphatic rings. The number of aromatic nitrogens is 2. The predicted molar refractivity (Wildman–Crippen MR) is 112 cm³/mol. The van der Waals surface area contributed by atoms with Crippen LogP contribution in [0.1, 0.15) is 57.2 Å². The molecule has 0 atom stereocenters. The Morgan fingerprint density at radius 2 is 2.00 bits per heavy atom. The van der Waals surface area contributed by atoms with E-state index >= 15 is 0 Å². The van der Waals surface area contributed by atoms with Crippen LogP contribution < -0.4 is 10.9 Å². The number of aromatic amines is 1. The maximum atomic E-state index is 12.1. The lowest BCUT2D eigenvalue weighted by Gasteiger charge is -2.31. The quantitative estimate of drug-likeness (QED) is 0.652. The van der Waals surface area contributed by atoms with E-state index in [4.69, 9.17) is 0 Å². The Morgan fingerprint density at radius 3 is 2.82 bits per heavy atom. The number of para-hydroxylation sites is 1. The van der Waals surface area contributed by atoms with Crippen molar-refractivity contribution in [1.82, 2.24) is 20.2 Å². The van der Waals surface area contributed by atoms with Crippen LogP contribution in [0, 0.1) is 0 Å². The van der Waals surface area contributed by atoms with E-state index in [-0.39, 0.29) is 11.5 Å². The van der Waals surface area contributed by atoms with Crippen molar-refractivity contribution in [3.05, 3.63) is 40.4 Å². The van der Waals surface area contributed by atoms with Gasteiger partial charge < -0.3 is 15.2 Å². The lowest BCUT2D eigenvalue weighted by molar-refractivity contribution is -0.121. The largest absolute Gasteiger partial charge is 0.356 e. The average Bonchev–Trinajstić information content (AvgIpc) is 2.72. The molecule has 1 heterocycles. The highest BCUT2D eigenvalue weighted by atomic mass is 16.1. The molecule has 2 N–H and O–H groups in total.